The van der Waals surface area contributed by atoms with Gasteiger partial charge < -0.3 is 4.74 Å². The van der Waals surface area contributed by atoms with Gasteiger partial charge >= 0.3 is 5.97 Å². The Morgan fingerprint density at radius 2 is 2.12 bits per heavy atom. The van der Waals surface area contributed by atoms with E-state index >= 15 is 0 Å². The number of ether oxygens (including phenoxy) is 1. The van der Waals surface area contributed by atoms with Crippen molar-refractivity contribution in [1.82, 2.24) is 19.3 Å². The quantitative estimate of drug-likeness (QED) is 0.666. The van der Waals surface area contributed by atoms with E-state index in [0.29, 0.717) is 39.7 Å². The van der Waals surface area contributed by atoms with Crippen LogP contribution in [0.15, 0.2) is 29.2 Å². The molecule has 0 unspecified atom stereocenters. The number of hydrogen-bond donors (Lipinski definition) is 0. The van der Waals surface area contributed by atoms with Crippen molar-refractivity contribution in [2.45, 2.75) is 20.3 Å². The first-order valence-electron chi connectivity index (χ1n) is 7.78. The maximum Gasteiger partial charge on any atom is 0.310 e. The van der Waals surface area contributed by atoms with Crippen molar-refractivity contribution >= 4 is 28.5 Å². The molecule has 25 heavy (non-hydrogen) atoms. The zero-order valence-electron chi connectivity index (χ0n) is 14.1. The van der Waals surface area contributed by atoms with E-state index in [1.54, 1.807) is 50.0 Å². The molecule has 2 aromatic heterocycles. The van der Waals surface area contributed by atoms with E-state index in [9.17, 15) is 9.59 Å². The van der Waals surface area contributed by atoms with Crippen molar-refractivity contribution in [3.63, 3.8) is 0 Å². The van der Waals surface area contributed by atoms with Crippen LogP contribution in [0.4, 0.5) is 0 Å². The Hall–Kier alpha value is -2.67. The summed E-state index contributed by atoms with van der Waals surface area (Å²) in [7, 11) is 1.71. The maximum absolute atomic E-state index is 13.0. The molecule has 0 aliphatic carbocycles. The zero-order chi connectivity index (χ0) is 18.1. The predicted molar refractivity (Wildman–Crippen MR) is 94.2 cm³/mol. The number of aromatic nitrogens is 4. The fourth-order valence-electron chi connectivity index (χ4n) is 2.78. The van der Waals surface area contributed by atoms with Crippen LogP contribution in [0.5, 0.6) is 0 Å². The van der Waals surface area contributed by atoms with Gasteiger partial charge in [0.2, 0.25) is 0 Å². The number of esters is 1. The SMILES string of the molecule is CCOC(=O)Cc1cnn(C)c1-n1c(C)nc2cc(Cl)ccc2c1=O. The molecule has 0 aliphatic rings. The van der Waals surface area contributed by atoms with Crippen molar-refractivity contribution in [3.05, 3.63) is 51.2 Å². The van der Waals surface area contributed by atoms with Gasteiger partial charge in [-0.3, -0.25) is 14.3 Å². The molecule has 0 amide bonds. The first-order valence-corrected chi connectivity index (χ1v) is 8.16. The van der Waals surface area contributed by atoms with Gasteiger partial charge in [-0.2, -0.15) is 5.10 Å². The Kier molecular flexibility index (Phi) is 4.59. The molecule has 0 radical (unpaired) electrons. The first kappa shape index (κ1) is 17.2. The van der Waals surface area contributed by atoms with Gasteiger partial charge in [0.1, 0.15) is 11.6 Å². The van der Waals surface area contributed by atoms with Gasteiger partial charge in [-0.15, -0.1) is 0 Å². The summed E-state index contributed by atoms with van der Waals surface area (Å²) in [6.07, 6.45) is 1.59. The van der Waals surface area contributed by atoms with E-state index in [4.69, 9.17) is 16.3 Å². The number of nitrogens with zero attached hydrogens (tertiary/aromatic N) is 4. The van der Waals surface area contributed by atoms with Crippen LogP contribution in [-0.2, 0) is 23.0 Å². The number of benzene rings is 1. The van der Waals surface area contributed by atoms with Crippen LogP contribution in [0.3, 0.4) is 0 Å². The van der Waals surface area contributed by atoms with Gasteiger partial charge in [0, 0.05) is 17.6 Å². The predicted octanol–water partition coefficient (Wildman–Crippen LogP) is 2.19. The van der Waals surface area contributed by atoms with E-state index in [1.807, 2.05) is 0 Å². The Morgan fingerprint density at radius 3 is 2.84 bits per heavy atom. The summed E-state index contributed by atoms with van der Waals surface area (Å²) in [5.74, 6) is 0.608. The average Bonchev–Trinajstić information content (AvgIpc) is 2.88. The van der Waals surface area contributed by atoms with Crippen molar-refractivity contribution < 1.29 is 9.53 Å². The van der Waals surface area contributed by atoms with Gasteiger partial charge in [0.15, 0.2) is 0 Å². The largest absolute Gasteiger partial charge is 0.466 e. The Balaban J connectivity index is 2.20. The van der Waals surface area contributed by atoms with Crippen LogP contribution in [0.2, 0.25) is 5.02 Å². The lowest BCUT2D eigenvalue weighted by Crippen LogP contribution is -2.25. The highest BCUT2D eigenvalue weighted by molar-refractivity contribution is 6.31. The third kappa shape index (κ3) is 3.15. The lowest BCUT2D eigenvalue weighted by Gasteiger charge is -2.13. The van der Waals surface area contributed by atoms with Crippen molar-refractivity contribution in [2.75, 3.05) is 6.61 Å². The molecule has 0 aliphatic heterocycles. The second-order valence-electron chi connectivity index (χ2n) is 5.56. The third-order valence-corrected chi connectivity index (χ3v) is 4.07. The molecule has 0 fully saturated rings. The Morgan fingerprint density at radius 1 is 1.36 bits per heavy atom. The molecule has 1 aromatic carbocycles. The molecule has 3 aromatic rings. The minimum Gasteiger partial charge on any atom is -0.466 e. The van der Waals surface area contributed by atoms with E-state index in [1.165, 1.54) is 4.57 Å². The molecule has 0 saturated carbocycles. The molecule has 0 saturated heterocycles. The number of carbonyl (C=O) groups is 1. The number of hydrogen-bond acceptors (Lipinski definition) is 5. The lowest BCUT2D eigenvalue weighted by atomic mass is 10.2. The Bertz CT molecular complexity index is 1020. The van der Waals surface area contributed by atoms with E-state index in [0.717, 1.165) is 0 Å². The van der Waals surface area contributed by atoms with Crippen LogP contribution in [0.1, 0.15) is 18.3 Å². The third-order valence-electron chi connectivity index (χ3n) is 3.83. The van der Waals surface area contributed by atoms with Gasteiger partial charge in [0.25, 0.3) is 5.56 Å². The molecule has 8 heteroatoms. The topological polar surface area (TPSA) is 79.0 Å². The molecule has 0 N–H and O–H groups in total. The monoisotopic (exact) mass is 360 g/mol. The van der Waals surface area contributed by atoms with Crippen LogP contribution in [-0.4, -0.2) is 31.9 Å². The highest BCUT2D eigenvalue weighted by atomic mass is 35.5. The van der Waals surface area contributed by atoms with E-state index in [-0.39, 0.29) is 17.9 Å². The fraction of sp³-hybridized carbons (Fsp3) is 0.294. The van der Waals surface area contributed by atoms with E-state index in [2.05, 4.69) is 10.1 Å². The number of rotatable bonds is 4. The van der Waals surface area contributed by atoms with Gasteiger partial charge in [-0.1, -0.05) is 11.6 Å². The average molecular weight is 361 g/mol. The van der Waals surface area contributed by atoms with Crippen LogP contribution in [0, 0.1) is 6.92 Å². The smallest absolute Gasteiger partial charge is 0.310 e. The lowest BCUT2D eigenvalue weighted by molar-refractivity contribution is -0.142. The number of aryl methyl sites for hydroxylation is 2. The summed E-state index contributed by atoms with van der Waals surface area (Å²) in [6.45, 7) is 3.77. The minimum absolute atomic E-state index is 0.0293. The highest BCUT2D eigenvalue weighted by Gasteiger charge is 2.19. The van der Waals surface area contributed by atoms with E-state index < -0.39 is 0 Å². The molecular formula is C17H17ClN4O3. The second-order valence-corrected chi connectivity index (χ2v) is 6.00. The van der Waals surface area contributed by atoms with Crippen molar-refractivity contribution in [1.29, 1.82) is 0 Å². The summed E-state index contributed by atoms with van der Waals surface area (Å²) < 4.78 is 8.00. The summed E-state index contributed by atoms with van der Waals surface area (Å²) >= 11 is 5.99. The van der Waals surface area contributed by atoms with Gasteiger partial charge in [-0.25, -0.2) is 9.55 Å². The maximum atomic E-state index is 13.0. The van der Waals surface area contributed by atoms with Crippen LogP contribution >= 0.6 is 11.6 Å². The molecule has 0 bridgehead atoms. The molecule has 0 atom stereocenters. The number of fused-ring (bicyclic) bond motifs is 1. The summed E-state index contributed by atoms with van der Waals surface area (Å²) in [5.41, 5.74) is 0.884. The second kappa shape index (κ2) is 6.68. The molecule has 130 valence electrons. The molecule has 2 heterocycles. The van der Waals surface area contributed by atoms with Crippen LogP contribution in [0.25, 0.3) is 16.7 Å². The minimum atomic E-state index is -0.372. The standard InChI is InChI=1S/C17H17ClN4O3/c1-4-25-15(23)7-11-9-19-21(3)16(11)22-10(2)20-14-8-12(18)5-6-13(14)17(22)24/h5-6,8-9H,4,7H2,1-3H3. The molecule has 0 spiro atoms. The zero-order valence-corrected chi connectivity index (χ0v) is 14.9. The normalized spacial score (nSPS) is 11.0. The highest BCUT2D eigenvalue weighted by Crippen LogP contribution is 2.19. The first-order chi connectivity index (χ1) is 11.9. The summed E-state index contributed by atoms with van der Waals surface area (Å²) in [4.78, 5) is 29.3. The Labute approximate surface area is 148 Å². The van der Waals surface area contributed by atoms with Gasteiger partial charge in [0.05, 0.1) is 30.1 Å². The van der Waals surface area contributed by atoms with Crippen molar-refractivity contribution in [3.8, 4) is 5.82 Å². The van der Waals surface area contributed by atoms with Gasteiger partial charge in [-0.05, 0) is 32.0 Å². The summed E-state index contributed by atoms with van der Waals surface area (Å²) in [5, 5.41) is 5.14. The van der Waals surface area contributed by atoms with Crippen molar-refractivity contribution in [2.24, 2.45) is 7.05 Å². The fourth-order valence-corrected chi connectivity index (χ4v) is 2.94. The summed E-state index contributed by atoms with van der Waals surface area (Å²) in [6, 6.07) is 4.94. The number of carbonyl (C=O) groups excluding carboxylic acids is 1. The molecular weight excluding hydrogens is 344 g/mol. The number of halogens is 1. The van der Waals surface area contributed by atoms with Crippen LogP contribution < -0.4 is 5.56 Å². The molecule has 7 nitrogen and oxygen atoms in total. The molecule has 3 rings (SSSR count).